The number of rotatable bonds is 7. The van der Waals surface area contributed by atoms with Gasteiger partial charge in [0.2, 0.25) is 6.01 Å². The number of nitrogens with one attached hydrogen (secondary N) is 2. The van der Waals surface area contributed by atoms with Crippen LogP contribution in [0.2, 0.25) is 0 Å². The Morgan fingerprint density at radius 2 is 1.81 bits per heavy atom. The van der Waals surface area contributed by atoms with Gasteiger partial charge in [0.25, 0.3) is 10.0 Å². The predicted molar refractivity (Wildman–Crippen MR) is 125 cm³/mol. The van der Waals surface area contributed by atoms with E-state index in [1.54, 1.807) is 31.2 Å². The Kier molecular flexibility index (Phi) is 5.87. The number of carbonyl (C=O) groups excluding carboxylic acids is 1. The van der Waals surface area contributed by atoms with Crippen molar-refractivity contribution >= 4 is 44.7 Å². The fourth-order valence-corrected chi connectivity index (χ4v) is 3.91. The molecule has 162 valence electrons. The Hall–Kier alpha value is -3.78. The van der Waals surface area contributed by atoms with Gasteiger partial charge in [-0.25, -0.2) is 17.8 Å². The average molecular weight is 450 g/mol. The molecule has 0 aliphatic rings. The Bertz CT molecular complexity index is 1420. The summed E-state index contributed by atoms with van der Waals surface area (Å²) < 4.78 is 37.1. The molecule has 0 amide bonds. The van der Waals surface area contributed by atoms with E-state index in [1.165, 1.54) is 0 Å². The van der Waals surface area contributed by atoms with Crippen LogP contribution in [0.4, 0.5) is 10.1 Å². The molecule has 1 aromatic heterocycles. The van der Waals surface area contributed by atoms with Gasteiger partial charge in [-0.05, 0) is 54.0 Å². The van der Waals surface area contributed by atoms with Gasteiger partial charge in [0.05, 0.1) is 11.0 Å². The molecular weight excluding hydrogens is 429 g/mol. The number of sulfonamides is 1. The minimum Gasteiger partial charge on any atom is -0.338 e. The van der Waals surface area contributed by atoms with E-state index in [1.807, 2.05) is 54.6 Å². The molecule has 0 saturated carbocycles. The summed E-state index contributed by atoms with van der Waals surface area (Å²) in [7, 11) is -3.96. The maximum atomic E-state index is 12.4. The number of alkyl halides is 1. The summed E-state index contributed by atoms with van der Waals surface area (Å²) in [5.74, 6) is 0.664. The lowest BCUT2D eigenvalue weighted by molar-refractivity contribution is 0.101. The number of nitrogens with zero attached hydrogens (tertiary/aromatic N) is 1. The van der Waals surface area contributed by atoms with Gasteiger partial charge in [-0.1, -0.05) is 48.5 Å². The van der Waals surface area contributed by atoms with Crippen LogP contribution in [0.25, 0.3) is 34.3 Å². The van der Waals surface area contributed by atoms with E-state index in [0.717, 1.165) is 27.7 Å². The SMILES string of the molecule is CC(=O)c1ccccc1-c1ccc2nc(/C=C/c3ccc(NS(=O)(=O)CF)cc3)[nH]c2c1. The van der Waals surface area contributed by atoms with Crippen LogP contribution in [0.15, 0.2) is 66.7 Å². The normalized spacial score (nSPS) is 11.8. The molecule has 8 heteroatoms. The van der Waals surface area contributed by atoms with Crippen molar-refractivity contribution in [2.75, 3.05) is 10.7 Å². The number of fused-ring (bicyclic) bond motifs is 1. The highest BCUT2D eigenvalue weighted by Crippen LogP contribution is 2.27. The zero-order valence-corrected chi connectivity index (χ0v) is 18.0. The Morgan fingerprint density at radius 3 is 2.53 bits per heavy atom. The third kappa shape index (κ3) is 4.76. The van der Waals surface area contributed by atoms with Crippen molar-refractivity contribution in [2.45, 2.75) is 6.92 Å². The highest BCUT2D eigenvalue weighted by atomic mass is 32.2. The number of hydrogen-bond acceptors (Lipinski definition) is 4. The summed E-state index contributed by atoms with van der Waals surface area (Å²) in [5.41, 5.74) is 5.22. The zero-order chi connectivity index (χ0) is 22.7. The largest absolute Gasteiger partial charge is 0.338 e. The molecule has 3 aromatic carbocycles. The summed E-state index contributed by atoms with van der Waals surface area (Å²) in [4.78, 5) is 19.8. The van der Waals surface area contributed by atoms with Crippen molar-refractivity contribution in [1.29, 1.82) is 0 Å². The molecule has 0 radical (unpaired) electrons. The number of aromatic amines is 1. The van der Waals surface area contributed by atoms with E-state index in [-0.39, 0.29) is 5.78 Å². The van der Waals surface area contributed by atoms with Gasteiger partial charge in [-0.3, -0.25) is 9.52 Å². The van der Waals surface area contributed by atoms with Crippen LogP contribution in [0.3, 0.4) is 0 Å². The molecule has 0 spiro atoms. The van der Waals surface area contributed by atoms with Crippen LogP contribution in [0.5, 0.6) is 0 Å². The number of Topliss-reactive ketones (excluding diaryl/α,β-unsaturated/α-hetero) is 1. The van der Waals surface area contributed by atoms with Gasteiger partial charge in [0, 0.05) is 11.3 Å². The predicted octanol–water partition coefficient (Wildman–Crippen LogP) is 5.27. The van der Waals surface area contributed by atoms with E-state index in [4.69, 9.17) is 0 Å². The topological polar surface area (TPSA) is 91.9 Å². The van der Waals surface area contributed by atoms with Gasteiger partial charge < -0.3 is 4.98 Å². The van der Waals surface area contributed by atoms with E-state index in [0.29, 0.717) is 17.1 Å². The minimum atomic E-state index is -3.96. The fraction of sp³-hybridized carbons (Fsp3) is 0.0833. The van der Waals surface area contributed by atoms with Gasteiger partial charge >= 0.3 is 0 Å². The quantitative estimate of drug-likeness (QED) is 0.376. The number of ketones is 1. The molecule has 4 rings (SSSR count). The van der Waals surface area contributed by atoms with E-state index in [2.05, 4.69) is 14.7 Å². The maximum absolute atomic E-state index is 12.4. The number of halogens is 1. The number of H-pyrrole nitrogens is 1. The second kappa shape index (κ2) is 8.76. The molecule has 32 heavy (non-hydrogen) atoms. The number of imidazole rings is 1. The summed E-state index contributed by atoms with van der Waals surface area (Å²) >= 11 is 0. The number of aromatic nitrogens is 2. The Balaban J connectivity index is 1.56. The monoisotopic (exact) mass is 449 g/mol. The van der Waals surface area contributed by atoms with Crippen molar-refractivity contribution in [3.63, 3.8) is 0 Å². The molecule has 0 fully saturated rings. The van der Waals surface area contributed by atoms with Gasteiger partial charge in [0.1, 0.15) is 5.82 Å². The van der Waals surface area contributed by atoms with Crippen LogP contribution in [0, 0.1) is 0 Å². The van der Waals surface area contributed by atoms with Gasteiger partial charge in [0.15, 0.2) is 5.78 Å². The smallest absolute Gasteiger partial charge is 0.262 e. The third-order valence-corrected chi connectivity index (χ3v) is 5.71. The molecule has 0 aliphatic heterocycles. The van der Waals surface area contributed by atoms with Crippen LogP contribution in [-0.2, 0) is 10.0 Å². The fourth-order valence-electron chi connectivity index (χ4n) is 3.36. The highest BCUT2D eigenvalue weighted by Gasteiger charge is 2.10. The Labute approximate surface area is 184 Å². The molecule has 0 unspecified atom stereocenters. The van der Waals surface area contributed by atoms with Crippen molar-refractivity contribution in [2.24, 2.45) is 0 Å². The summed E-state index contributed by atoms with van der Waals surface area (Å²) in [5, 5.41) is 0. The van der Waals surface area contributed by atoms with Gasteiger partial charge in [-0.2, -0.15) is 0 Å². The number of hydrogen-bond donors (Lipinski definition) is 2. The summed E-state index contributed by atoms with van der Waals surface area (Å²) in [6.07, 6.45) is 3.64. The maximum Gasteiger partial charge on any atom is 0.262 e. The zero-order valence-electron chi connectivity index (χ0n) is 17.2. The van der Waals surface area contributed by atoms with E-state index in [9.17, 15) is 17.6 Å². The van der Waals surface area contributed by atoms with Crippen molar-refractivity contribution in [3.8, 4) is 11.1 Å². The Morgan fingerprint density at radius 1 is 1.06 bits per heavy atom. The molecule has 0 atom stereocenters. The minimum absolute atomic E-state index is 0.0115. The van der Waals surface area contributed by atoms with E-state index < -0.39 is 16.0 Å². The van der Waals surface area contributed by atoms with Gasteiger partial charge in [-0.15, -0.1) is 0 Å². The second-order valence-corrected chi connectivity index (χ2v) is 8.89. The first-order chi connectivity index (χ1) is 15.3. The molecule has 0 bridgehead atoms. The van der Waals surface area contributed by atoms with Crippen molar-refractivity contribution in [3.05, 3.63) is 83.7 Å². The standard InChI is InChI=1S/C24H20FN3O3S/c1-16(29)20-4-2-3-5-21(20)18-9-12-22-23(14-18)27-24(26-22)13-8-17-6-10-19(11-7-17)28-32(30,31)15-25/h2-14,28H,15H2,1H3,(H,26,27)/b13-8+. The lowest BCUT2D eigenvalue weighted by Gasteiger charge is -2.06. The average Bonchev–Trinajstić information content (AvgIpc) is 3.20. The van der Waals surface area contributed by atoms with Crippen LogP contribution in [0.1, 0.15) is 28.7 Å². The van der Waals surface area contributed by atoms with Crippen LogP contribution >= 0.6 is 0 Å². The first kappa shape index (κ1) is 21.5. The molecule has 6 nitrogen and oxygen atoms in total. The number of carbonyl (C=O) groups is 1. The number of anilines is 1. The lowest BCUT2D eigenvalue weighted by atomic mass is 9.97. The summed E-state index contributed by atoms with van der Waals surface area (Å²) in [6.45, 7) is 1.55. The first-order valence-electron chi connectivity index (χ1n) is 9.79. The summed E-state index contributed by atoms with van der Waals surface area (Å²) in [6, 6.07) is 18.4. The highest BCUT2D eigenvalue weighted by molar-refractivity contribution is 7.92. The van der Waals surface area contributed by atoms with Crippen molar-refractivity contribution in [1.82, 2.24) is 9.97 Å². The van der Waals surface area contributed by atoms with Crippen molar-refractivity contribution < 1.29 is 17.6 Å². The second-order valence-electron chi connectivity index (χ2n) is 7.24. The molecule has 4 aromatic rings. The molecule has 0 aliphatic carbocycles. The molecule has 0 saturated heterocycles. The molecule has 1 heterocycles. The van der Waals surface area contributed by atoms with E-state index >= 15 is 0 Å². The van der Waals surface area contributed by atoms with Crippen LogP contribution < -0.4 is 4.72 Å². The first-order valence-corrected chi connectivity index (χ1v) is 11.4. The van der Waals surface area contributed by atoms with Crippen LogP contribution in [-0.4, -0.2) is 30.2 Å². The molecular formula is C24H20FN3O3S. The number of benzene rings is 3. The third-order valence-electron chi connectivity index (χ3n) is 4.88. The lowest BCUT2D eigenvalue weighted by Crippen LogP contribution is -2.13. The molecule has 2 N–H and O–H groups in total.